The highest BCUT2D eigenvalue weighted by atomic mass is 35.5. The van der Waals surface area contributed by atoms with Gasteiger partial charge < -0.3 is 14.4 Å². The molecule has 0 spiro atoms. The summed E-state index contributed by atoms with van der Waals surface area (Å²) in [5, 5.41) is 0.435. The number of carbonyl (C=O) groups excluding carboxylic acids is 1. The number of nitrogens with zero attached hydrogens (tertiary/aromatic N) is 2. The summed E-state index contributed by atoms with van der Waals surface area (Å²) in [4.78, 5) is 17.9. The lowest BCUT2D eigenvalue weighted by Crippen LogP contribution is -2.24. The van der Waals surface area contributed by atoms with E-state index in [9.17, 15) is 4.79 Å². The van der Waals surface area contributed by atoms with Crippen LogP contribution in [0.4, 0.5) is 0 Å². The normalized spacial score (nSPS) is 10.7. The lowest BCUT2D eigenvalue weighted by Gasteiger charge is -2.15. The Morgan fingerprint density at radius 1 is 1.40 bits per heavy atom. The van der Waals surface area contributed by atoms with Gasteiger partial charge in [0.15, 0.2) is 11.5 Å². The van der Waals surface area contributed by atoms with Crippen LogP contribution in [0, 0.1) is 0 Å². The fourth-order valence-corrected chi connectivity index (χ4v) is 2.58. The van der Waals surface area contributed by atoms with Crippen LogP contribution in [0.1, 0.15) is 18.1 Å². The Hall–Kier alpha value is -2.53. The molecule has 25 heavy (non-hydrogen) atoms. The van der Waals surface area contributed by atoms with Crippen LogP contribution in [0.3, 0.4) is 0 Å². The second-order valence-corrected chi connectivity index (χ2v) is 5.76. The number of hydrogen-bond donors (Lipinski definition) is 0. The predicted molar refractivity (Wildman–Crippen MR) is 98.9 cm³/mol. The maximum Gasteiger partial charge on any atom is 0.246 e. The Bertz CT molecular complexity index is 748. The largest absolute Gasteiger partial charge is 0.491 e. The molecule has 1 aromatic heterocycles. The third kappa shape index (κ3) is 5.22. The molecule has 132 valence electrons. The summed E-state index contributed by atoms with van der Waals surface area (Å²) in [6.07, 6.45) is 6.65. The standard InChI is InChI=1S/C19H21ClN2O3/c1-4-25-17-11-14(10-16(20)19(17)24-3)7-8-18(23)22(2)13-15-6-5-9-21-12-15/h5-12H,4,13H2,1-3H3/b8-7+. The van der Waals surface area contributed by atoms with Gasteiger partial charge in [-0.05, 0) is 42.3 Å². The van der Waals surface area contributed by atoms with Crippen molar-refractivity contribution in [3.8, 4) is 11.5 Å². The van der Waals surface area contributed by atoms with Crippen LogP contribution in [0.2, 0.25) is 5.02 Å². The highest BCUT2D eigenvalue weighted by molar-refractivity contribution is 6.32. The van der Waals surface area contributed by atoms with Crippen LogP contribution in [-0.2, 0) is 11.3 Å². The fourth-order valence-electron chi connectivity index (χ4n) is 2.28. The maximum atomic E-state index is 12.3. The zero-order valence-electron chi connectivity index (χ0n) is 14.5. The number of ether oxygens (including phenoxy) is 2. The van der Waals surface area contributed by atoms with E-state index in [1.165, 1.54) is 13.2 Å². The summed E-state index contributed by atoms with van der Waals surface area (Å²) in [5.74, 6) is 0.919. The van der Waals surface area contributed by atoms with Gasteiger partial charge in [0.05, 0.1) is 18.7 Å². The molecule has 0 bridgehead atoms. The van der Waals surface area contributed by atoms with Crippen molar-refractivity contribution in [3.63, 3.8) is 0 Å². The molecule has 2 aromatic rings. The molecule has 0 aliphatic rings. The zero-order chi connectivity index (χ0) is 18.2. The molecule has 0 radical (unpaired) electrons. The van der Waals surface area contributed by atoms with Crippen LogP contribution in [0.5, 0.6) is 11.5 Å². The number of carbonyl (C=O) groups is 1. The molecule has 5 nitrogen and oxygen atoms in total. The van der Waals surface area contributed by atoms with Crippen LogP contribution in [0.15, 0.2) is 42.7 Å². The van der Waals surface area contributed by atoms with Crippen LogP contribution in [-0.4, -0.2) is 36.6 Å². The summed E-state index contributed by atoms with van der Waals surface area (Å²) in [7, 11) is 3.28. The quantitative estimate of drug-likeness (QED) is 0.704. The molecule has 0 saturated heterocycles. The number of benzene rings is 1. The van der Waals surface area contributed by atoms with Crippen molar-refractivity contribution in [1.82, 2.24) is 9.88 Å². The number of amides is 1. The SMILES string of the molecule is CCOc1cc(/C=C/C(=O)N(C)Cc2cccnc2)cc(Cl)c1OC. The van der Waals surface area contributed by atoms with Crippen molar-refractivity contribution < 1.29 is 14.3 Å². The van der Waals surface area contributed by atoms with Gasteiger partial charge in [-0.1, -0.05) is 17.7 Å². The molecule has 0 saturated carbocycles. The Labute approximate surface area is 152 Å². The van der Waals surface area contributed by atoms with Crippen LogP contribution in [0.25, 0.3) is 6.08 Å². The molecule has 0 aliphatic heterocycles. The number of pyridine rings is 1. The molecule has 1 amide bonds. The van der Waals surface area contributed by atoms with Crippen molar-refractivity contribution in [2.24, 2.45) is 0 Å². The number of aromatic nitrogens is 1. The van der Waals surface area contributed by atoms with Gasteiger partial charge in [-0.2, -0.15) is 0 Å². The summed E-state index contributed by atoms with van der Waals surface area (Å²) < 4.78 is 10.8. The molecule has 0 N–H and O–H groups in total. The summed E-state index contributed by atoms with van der Waals surface area (Å²) in [5.41, 5.74) is 1.73. The topological polar surface area (TPSA) is 51.7 Å². The molecular weight excluding hydrogens is 340 g/mol. The number of rotatable bonds is 7. The molecular formula is C19H21ClN2O3. The average Bonchev–Trinajstić information content (AvgIpc) is 2.60. The number of halogens is 1. The van der Waals surface area contributed by atoms with Crippen molar-refractivity contribution in [1.29, 1.82) is 0 Å². The molecule has 6 heteroatoms. The Balaban J connectivity index is 2.11. The van der Waals surface area contributed by atoms with Gasteiger partial charge in [0.1, 0.15) is 0 Å². The third-order valence-electron chi connectivity index (χ3n) is 3.47. The molecule has 0 fully saturated rings. The van der Waals surface area contributed by atoms with Gasteiger partial charge in [0, 0.05) is 32.1 Å². The molecule has 0 aliphatic carbocycles. The van der Waals surface area contributed by atoms with Gasteiger partial charge in [-0.25, -0.2) is 0 Å². The van der Waals surface area contributed by atoms with E-state index in [-0.39, 0.29) is 5.91 Å². The molecule has 1 heterocycles. The lowest BCUT2D eigenvalue weighted by molar-refractivity contribution is -0.125. The first-order valence-electron chi connectivity index (χ1n) is 7.87. The van der Waals surface area contributed by atoms with Gasteiger partial charge in [-0.15, -0.1) is 0 Å². The maximum absolute atomic E-state index is 12.3. The Morgan fingerprint density at radius 2 is 2.20 bits per heavy atom. The van der Waals surface area contributed by atoms with E-state index in [2.05, 4.69) is 4.98 Å². The van der Waals surface area contributed by atoms with Gasteiger partial charge in [0.2, 0.25) is 5.91 Å². The lowest BCUT2D eigenvalue weighted by atomic mass is 10.1. The third-order valence-corrected chi connectivity index (χ3v) is 3.75. The van der Waals surface area contributed by atoms with Crippen LogP contribution >= 0.6 is 11.6 Å². The van der Waals surface area contributed by atoms with Gasteiger partial charge in [0.25, 0.3) is 0 Å². The second kappa shape index (κ2) is 9.08. The van der Waals surface area contributed by atoms with Crippen molar-refractivity contribution in [2.75, 3.05) is 20.8 Å². The minimum absolute atomic E-state index is 0.117. The Morgan fingerprint density at radius 3 is 2.84 bits per heavy atom. The molecule has 0 unspecified atom stereocenters. The van der Waals surface area contributed by atoms with E-state index in [1.54, 1.807) is 42.6 Å². The van der Waals surface area contributed by atoms with E-state index < -0.39 is 0 Å². The van der Waals surface area contributed by atoms with E-state index >= 15 is 0 Å². The van der Waals surface area contributed by atoms with Gasteiger partial charge in [-0.3, -0.25) is 9.78 Å². The van der Waals surface area contributed by atoms with Gasteiger partial charge >= 0.3 is 0 Å². The molecule has 0 atom stereocenters. The minimum Gasteiger partial charge on any atom is -0.491 e. The zero-order valence-corrected chi connectivity index (χ0v) is 15.3. The number of methoxy groups -OCH3 is 1. The van der Waals surface area contributed by atoms with E-state index in [0.717, 1.165) is 11.1 Å². The smallest absolute Gasteiger partial charge is 0.246 e. The number of likely N-dealkylation sites (N-methyl/N-ethyl adjacent to an activating group) is 1. The first kappa shape index (κ1) is 18.8. The van der Waals surface area contributed by atoms with Crippen molar-refractivity contribution in [2.45, 2.75) is 13.5 Å². The molecule has 2 rings (SSSR count). The summed E-state index contributed by atoms with van der Waals surface area (Å²) in [6.45, 7) is 2.87. The second-order valence-electron chi connectivity index (χ2n) is 5.36. The highest BCUT2D eigenvalue weighted by Crippen LogP contribution is 2.36. The first-order valence-corrected chi connectivity index (χ1v) is 8.25. The fraction of sp³-hybridized carbons (Fsp3) is 0.263. The van der Waals surface area contributed by atoms with Crippen LogP contribution < -0.4 is 9.47 Å². The highest BCUT2D eigenvalue weighted by Gasteiger charge is 2.11. The number of hydrogen-bond acceptors (Lipinski definition) is 4. The average molecular weight is 361 g/mol. The van der Waals surface area contributed by atoms with E-state index in [4.69, 9.17) is 21.1 Å². The monoisotopic (exact) mass is 360 g/mol. The van der Waals surface area contributed by atoms with E-state index in [0.29, 0.717) is 29.7 Å². The minimum atomic E-state index is -0.117. The first-order chi connectivity index (χ1) is 12.0. The summed E-state index contributed by atoms with van der Waals surface area (Å²) in [6, 6.07) is 7.29. The van der Waals surface area contributed by atoms with Crippen molar-refractivity contribution >= 4 is 23.6 Å². The summed E-state index contributed by atoms with van der Waals surface area (Å²) >= 11 is 6.21. The molecule has 1 aromatic carbocycles. The predicted octanol–water partition coefficient (Wildman–Crippen LogP) is 3.81. The Kier molecular flexibility index (Phi) is 6.83. The van der Waals surface area contributed by atoms with E-state index in [1.807, 2.05) is 19.1 Å². The van der Waals surface area contributed by atoms with Crippen molar-refractivity contribution in [3.05, 3.63) is 58.9 Å².